The highest BCUT2D eigenvalue weighted by atomic mass is 35.5. The highest BCUT2D eigenvalue weighted by Gasteiger charge is 2.12. The van der Waals surface area contributed by atoms with Gasteiger partial charge in [-0.1, -0.05) is 35.9 Å². The number of ether oxygens (including phenoxy) is 1. The number of fused-ring (bicyclic) bond motifs is 1. The molecule has 0 atom stereocenters. The SMILES string of the molecule is COc1cc(C=Cc2ccc3cccc([N+](=O)[O-])c3n2)cc(Cl)c1O. The number of nitro benzene ring substituents is 1. The average molecular weight is 357 g/mol. The largest absolute Gasteiger partial charge is 0.503 e. The van der Waals surface area contributed by atoms with E-state index in [4.69, 9.17) is 16.3 Å². The van der Waals surface area contributed by atoms with Crippen LogP contribution in [0, 0.1) is 10.1 Å². The zero-order valence-corrected chi connectivity index (χ0v) is 13.9. The minimum absolute atomic E-state index is 0.0397. The topological polar surface area (TPSA) is 85.5 Å². The molecular weight excluding hydrogens is 344 g/mol. The Hall–Kier alpha value is -3.12. The molecule has 7 heteroatoms. The highest BCUT2D eigenvalue weighted by Crippen LogP contribution is 2.35. The number of methoxy groups -OCH3 is 1. The maximum atomic E-state index is 11.1. The van der Waals surface area contributed by atoms with Crippen molar-refractivity contribution in [3.8, 4) is 11.5 Å². The predicted molar refractivity (Wildman–Crippen MR) is 97.0 cm³/mol. The number of pyridine rings is 1. The number of nitrogens with zero attached hydrogens (tertiary/aromatic N) is 2. The standard InChI is InChI=1S/C18H13ClN2O4/c1-25-16-10-11(9-14(19)18(16)22)5-7-13-8-6-12-3-2-4-15(21(23)24)17(12)20-13/h2-10,22H,1H3. The molecule has 0 unspecified atom stereocenters. The van der Waals surface area contributed by atoms with Gasteiger partial charge in [-0.15, -0.1) is 0 Å². The van der Waals surface area contributed by atoms with E-state index in [0.717, 1.165) is 0 Å². The Kier molecular flexibility index (Phi) is 4.54. The van der Waals surface area contributed by atoms with E-state index < -0.39 is 4.92 Å². The van der Waals surface area contributed by atoms with Crippen LogP contribution in [0.2, 0.25) is 5.02 Å². The molecule has 6 nitrogen and oxygen atoms in total. The molecule has 0 saturated carbocycles. The number of phenols is 1. The van der Waals surface area contributed by atoms with Crippen molar-refractivity contribution in [2.24, 2.45) is 0 Å². The summed E-state index contributed by atoms with van der Waals surface area (Å²) in [6, 6.07) is 11.6. The Morgan fingerprint density at radius 2 is 2.04 bits per heavy atom. The van der Waals surface area contributed by atoms with Gasteiger partial charge >= 0.3 is 0 Å². The van der Waals surface area contributed by atoms with Crippen molar-refractivity contribution in [3.05, 3.63) is 68.9 Å². The van der Waals surface area contributed by atoms with E-state index >= 15 is 0 Å². The molecule has 0 amide bonds. The fraction of sp³-hybridized carbons (Fsp3) is 0.0556. The number of rotatable bonds is 4. The van der Waals surface area contributed by atoms with Gasteiger partial charge in [0.15, 0.2) is 11.5 Å². The third-order valence-electron chi connectivity index (χ3n) is 3.63. The zero-order chi connectivity index (χ0) is 18.0. The average Bonchev–Trinajstić information content (AvgIpc) is 2.61. The number of halogens is 1. The highest BCUT2D eigenvalue weighted by molar-refractivity contribution is 6.32. The van der Waals surface area contributed by atoms with Crippen molar-refractivity contribution in [2.45, 2.75) is 0 Å². The van der Waals surface area contributed by atoms with E-state index in [1.807, 2.05) is 0 Å². The predicted octanol–water partition coefficient (Wildman–Crippen LogP) is 4.68. The number of hydrogen-bond donors (Lipinski definition) is 1. The van der Waals surface area contributed by atoms with Crippen molar-refractivity contribution in [2.75, 3.05) is 7.11 Å². The van der Waals surface area contributed by atoms with Crippen LogP contribution in [0.4, 0.5) is 5.69 Å². The lowest BCUT2D eigenvalue weighted by molar-refractivity contribution is -0.383. The molecule has 0 radical (unpaired) electrons. The summed E-state index contributed by atoms with van der Waals surface area (Å²) in [5, 5.41) is 21.8. The van der Waals surface area contributed by atoms with Gasteiger partial charge in [-0.3, -0.25) is 10.1 Å². The van der Waals surface area contributed by atoms with Gasteiger partial charge in [0.05, 0.1) is 22.7 Å². The molecule has 0 bridgehead atoms. The van der Waals surface area contributed by atoms with Crippen LogP contribution in [-0.4, -0.2) is 22.1 Å². The minimum atomic E-state index is -0.451. The number of aromatic hydroxyl groups is 1. The Morgan fingerprint density at radius 3 is 2.76 bits per heavy atom. The molecule has 0 aliphatic rings. The summed E-state index contributed by atoms with van der Waals surface area (Å²) in [6.45, 7) is 0. The molecule has 3 rings (SSSR count). The second-order valence-corrected chi connectivity index (χ2v) is 5.64. The maximum absolute atomic E-state index is 11.1. The molecule has 0 spiro atoms. The number of para-hydroxylation sites is 1. The molecule has 2 aromatic carbocycles. The van der Waals surface area contributed by atoms with Crippen LogP contribution in [0.15, 0.2) is 42.5 Å². The Balaban J connectivity index is 2.01. The van der Waals surface area contributed by atoms with Gasteiger partial charge in [0.1, 0.15) is 5.52 Å². The van der Waals surface area contributed by atoms with Crippen molar-refractivity contribution in [1.29, 1.82) is 0 Å². The van der Waals surface area contributed by atoms with Crippen molar-refractivity contribution >= 4 is 40.3 Å². The van der Waals surface area contributed by atoms with Crippen LogP contribution in [0.3, 0.4) is 0 Å². The lowest BCUT2D eigenvalue weighted by Crippen LogP contribution is -1.92. The van der Waals surface area contributed by atoms with Crippen molar-refractivity contribution in [1.82, 2.24) is 4.98 Å². The van der Waals surface area contributed by atoms with Crippen LogP contribution in [0.1, 0.15) is 11.3 Å². The van der Waals surface area contributed by atoms with Crippen molar-refractivity contribution in [3.63, 3.8) is 0 Å². The molecule has 0 saturated heterocycles. The summed E-state index contributed by atoms with van der Waals surface area (Å²) in [6.07, 6.45) is 3.44. The second kappa shape index (κ2) is 6.78. The van der Waals surface area contributed by atoms with Crippen LogP contribution >= 0.6 is 11.6 Å². The van der Waals surface area contributed by atoms with E-state index in [9.17, 15) is 15.2 Å². The fourth-order valence-electron chi connectivity index (χ4n) is 2.41. The number of nitro groups is 1. The Bertz CT molecular complexity index is 1000. The van der Waals surface area contributed by atoms with Gasteiger partial charge < -0.3 is 9.84 Å². The van der Waals surface area contributed by atoms with E-state index in [1.165, 1.54) is 13.2 Å². The Labute approximate surface area is 148 Å². The van der Waals surface area contributed by atoms with Crippen LogP contribution in [0.25, 0.3) is 23.1 Å². The molecule has 126 valence electrons. The molecule has 3 aromatic rings. The maximum Gasteiger partial charge on any atom is 0.295 e. The number of benzene rings is 2. The molecule has 0 aliphatic carbocycles. The Morgan fingerprint density at radius 1 is 1.24 bits per heavy atom. The molecule has 0 fully saturated rings. The summed E-state index contributed by atoms with van der Waals surface area (Å²) in [5.74, 6) is 0.134. The van der Waals surface area contributed by atoms with E-state index in [1.54, 1.807) is 48.6 Å². The van der Waals surface area contributed by atoms with Crippen LogP contribution in [-0.2, 0) is 0 Å². The quantitative estimate of drug-likeness (QED) is 0.541. The normalized spacial score (nSPS) is 11.1. The third kappa shape index (κ3) is 3.39. The third-order valence-corrected chi connectivity index (χ3v) is 3.92. The molecule has 1 heterocycles. The molecule has 1 N–H and O–H groups in total. The number of non-ortho nitro benzene ring substituents is 1. The minimum Gasteiger partial charge on any atom is -0.503 e. The summed E-state index contributed by atoms with van der Waals surface area (Å²) < 4.78 is 5.06. The number of aromatic nitrogens is 1. The van der Waals surface area contributed by atoms with Crippen LogP contribution < -0.4 is 4.74 Å². The van der Waals surface area contributed by atoms with Gasteiger partial charge in [-0.2, -0.15) is 0 Å². The molecule has 25 heavy (non-hydrogen) atoms. The monoisotopic (exact) mass is 356 g/mol. The first-order valence-corrected chi connectivity index (χ1v) is 7.66. The summed E-state index contributed by atoms with van der Waals surface area (Å²) in [7, 11) is 1.43. The van der Waals surface area contributed by atoms with E-state index in [-0.39, 0.29) is 22.2 Å². The number of hydrogen-bond acceptors (Lipinski definition) is 5. The summed E-state index contributed by atoms with van der Waals surface area (Å²) >= 11 is 5.96. The summed E-state index contributed by atoms with van der Waals surface area (Å²) in [5.41, 5.74) is 1.55. The lowest BCUT2D eigenvalue weighted by atomic mass is 10.1. The fourth-order valence-corrected chi connectivity index (χ4v) is 2.63. The van der Waals surface area contributed by atoms with E-state index in [0.29, 0.717) is 22.2 Å². The van der Waals surface area contributed by atoms with Gasteiger partial charge in [0, 0.05) is 11.5 Å². The van der Waals surface area contributed by atoms with Gasteiger partial charge in [-0.25, -0.2) is 4.98 Å². The van der Waals surface area contributed by atoms with Gasteiger partial charge in [0.2, 0.25) is 0 Å². The summed E-state index contributed by atoms with van der Waals surface area (Å²) in [4.78, 5) is 15.0. The smallest absolute Gasteiger partial charge is 0.295 e. The molecule has 1 aromatic heterocycles. The number of phenolic OH excluding ortho intramolecular Hbond substituents is 1. The van der Waals surface area contributed by atoms with Crippen molar-refractivity contribution < 1.29 is 14.8 Å². The second-order valence-electron chi connectivity index (χ2n) is 5.23. The zero-order valence-electron chi connectivity index (χ0n) is 13.1. The van der Waals surface area contributed by atoms with Crippen LogP contribution in [0.5, 0.6) is 11.5 Å². The molecular formula is C18H13ClN2O4. The first-order valence-electron chi connectivity index (χ1n) is 7.28. The first kappa shape index (κ1) is 16.7. The van der Waals surface area contributed by atoms with E-state index in [2.05, 4.69) is 4.98 Å². The first-order chi connectivity index (χ1) is 12.0. The van der Waals surface area contributed by atoms with Gasteiger partial charge in [0.25, 0.3) is 5.69 Å². The molecule has 0 aliphatic heterocycles. The lowest BCUT2D eigenvalue weighted by Gasteiger charge is -2.06. The van der Waals surface area contributed by atoms with Gasteiger partial charge in [-0.05, 0) is 29.8 Å².